The summed E-state index contributed by atoms with van der Waals surface area (Å²) < 4.78 is 8.18. The van der Waals surface area contributed by atoms with Crippen molar-refractivity contribution in [2.45, 2.75) is 50.7 Å². The van der Waals surface area contributed by atoms with Crippen molar-refractivity contribution in [3.8, 4) is 0 Å². The van der Waals surface area contributed by atoms with E-state index >= 15 is 0 Å². The molecule has 7 nitrogen and oxygen atoms in total. The number of nitrogen functional groups attached to an aromatic ring is 1. The third kappa shape index (κ3) is 4.74. The van der Waals surface area contributed by atoms with Crippen LogP contribution in [0.25, 0.3) is 5.52 Å². The summed E-state index contributed by atoms with van der Waals surface area (Å²) in [5.74, 6) is 1.57. The molecule has 1 saturated carbocycles. The molecule has 3 N–H and O–H groups in total. The molecule has 2 atom stereocenters. The molecular formula is C23H26BrN5O2. The Bertz CT molecular complexity index is 1080. The van der Waals surface area contributed by atoms with Gasteiger partial charge in [-0.25, -0.2) is 14.8 Å². The molecule has 1 aliphatic carbocycles. The Balaban J connectivity index is 1.48. The number of halogens is 1. The van der Waals surface area contributed by atoms with E-state index in [9.17, 15) is 4.79 Å². The number of fused-ring (bicyclic) bond motifs is 1. The maximum atomic E-state index is 12.3. The molecule has 1 fully saturated rings. The van der Waals surface area contributed by atoms with E-state index in [4.69, 9.17) is 15.5 Å². The van der Waals surface area contributed by atoms with E-state index in [1.165, 1.54) is 0 Å². The third-order valence-electron chi connectivity index (χ3n) is 5.67. The lowest BCUT2D eigenvalue weighted by Crippen LogP contribution is -2.38. The average molecular weight is 484 g/mol. The molecule has 1 aromatic carbocycles. The van der Waals surface area contributed by atoms with Crippen LogP contribution >= 0.6 is 15.9 Å². The second kappa shape index (κ2) is 9.51. The predicted molar refractivity (Wildman–Crippen MR) is 124 cm³/mol. The normalized spacial score (nSPS) is 18.6. The first-order valence-corrected chi connectivity index (χ1v) is 11.3. The number of carbonyl (C=O) groups is 1. The molecule has 2 heterocycles. The first-order chi connectivity index (χ1) is 15.1. The van der Waals surface area contributed by atoms with Crippen LogP contribution in [0.4, 0.5) is 10.6 Å². The van der Waals surface area contributed by atoms with Crippen LogP contribution < -0.4 is 11.1 Å². The number of anilines is 1. The van der Waals surface area contributed by atoms with Crippen molar-refractivity contribution in [3.05, 3.63) is 70.9 Å². The van der Waals surface area contributed by atoms with Gasteiger partial charge in [0.15, 0.2) is 5.82 Å². The minimum absolute atomic E-state index is 0.0372. The highest BCUT2D eigenvalue weighted by Crippen LogP contribution is 2.36. The van der Waals surface area contributed by atoms with Gasteiger partial charge in [0.05, 0.1) is 0 Å². The fourth-order valence-electron chi connectivity index (χ4n) is 4.24. The Labute approximate surface area is 189 Å². The van der Waals surface area contributed by atoms with Gasteiger partial charge in [0.25, 0.3) is 0 Å². The Morgan fingerprint density at radius 3 is 2.94 bits per heavy atom. The van der Waals surface area contributed by atoms with Crippen molar-refractivity contribution < 1.29 is 9.53 Å². The molecule has 162 valence electrons. The Kier molecular flexibility index (Phi) is 6.56. The van der Waals surface area contributed by atoms with Crippen molar-refractivity contribution in [1.82, 2.24) is 19.7 Å². The number of amides is 1. The van der Waals surface area contributed by atoms with Gasteiger partial charge in [-0.05, 0) is 40.8 Å². The standard InChI is InChI=1S/C23H26BrN5O2/c1-2-7-18-13-26-21(25)19-20(24)28-22(29(18)19)16-10-6-11-17(12-16)27-23(30)31-14-15-8-4-3-5-9-15/h2-5,8-9,13,16-17H,1,6-7,10-12,14H2,(H2,25,26)(H,27,30)/t16-,17-/m1/s1. The van der Waals surface area contributed by atoms with Gasteiger partial charge in [-0.1, -0.05) is 42.8 Å². The smallest absolute Gasteiger partial charge is 0.407 e. The van der Waals surface area contributed by atoms with Gasteiger partial charge in [-0.2, -0.15) is 0 Å². The summed E-state index contributed by atoms with van der Waals surface area (Å²) >= 11 is 3.55. The van der Waals surface area contributed by atoms with Gasteiger partial charge in [-0.15, -0.1) is 6.58 Å². The molecule has 0 unspecified atom stereocenters. The molecule has 2 aromatic heterocycles. The molecule has 0 spiro atoms. The van der Waals surface area contributed by atoms with Crippen LogP contribution in [0.2, 0.25) is 0 Å². The van der Waals surface area contributed by atoms with Crippen LogP contribution in [0.1, 0.15) is 48.7 Å². The van der Waals surface area contributed by atoms with Crippen LogP contribution in [-0.2, 0) is 17.8 Å². The first kappa shape index (κ1) is 21.4. The molecule has 1 amide bonds. The number of nitrogens with zero attached hydrogens (tertiary/aromatic N) is 3. The fraction of sp³-hybridized carbons (Fsp3) is 0.348. The molecule has 4 rings (SSSR count). The van der Waals surface area contributed by atoms with Crippen LogP contribution in [-0.4, -0.2) is 26.5 Å². The zero-order valence-corrected chi connectivity index (χ0v) is 18.8. The van der Waals surface area contributed by atoms with E-state index in [1.807, 2.05) is 36.4 Å². The summed E-state index contributed by atoms with van der Waals surface area (Å²) in [6.45, 7) is 4.11. The second-order valence-corrected chi connectivity index (χ2v) is 8.59. The highest BCUT2D eigenvalue weighted by atomic mass is 79.9. The number of nitrogens with two attached hydrogens (primary N) is 1. The zero-order valence-electron chi connectivity index (χ0n) is 17.3. The van der Waals surface area contributed by atoms with Crippen molar-refractivity contribution in [2.75, 3.05) is 5.73 Å². The fourth-order valence-corrected chi connectivity index (χ4v) is 4.80. The highest BCUT2D eigenvalue weighted by Gasteiger charge is 2.29. The van der Waals surface area contributed by atoms with Gasteiger partial charge < -0.3 is 15.8 Å². The number of ether oxygens (including phenoxy) is 1. The van der Waals surface area contributed by atoms with Crippen molar-refractivity contribution in [3.63, 3.8) is 0 Å². The number of alkyl carbamates (subject to hydrolysis) is 1. The van der Waals surface area contributed by atoms with E-state index in [0.717, 1.165) is 48.3 Å². The summed E-state index contributed by atoms with van der Waals surface area (Å²) in [5, 5.41) is 3.03. The topological polar surface area (TPSA) is 94.5 Å². The van der Waals surface area contributed by atoms with Crippen molar-refractivity contribution in [2.24, 2.45) is 0 Å². The molecular weight excluding hydrogens is 458 g/mol. The Morgan fingerprint density at radius 2 is 2.16 bits per heavy atom. The monoisotopic (exact) mass is 483 g/mol. The van der Waals surface area contributed by atoms with Crippen molar-refractivity contribution >= 4 is 33.4 Å². The van der Waals surface area contributed by atoms with Gasteiger partial charge in [0.1, 0.15) is 22.6 Å². The number of allylic oxidation sites excluding steroid dienone is 1. The summed E-state index contributed by atoms with van der Waals surface area (Å²) in [7, 11) is 0. The lowest BCUT2D eigenvalue weighted by Gasteiger charge is -2.29. The maximum Gasteiger partial charge on any atom is 0.407 e. The molecule has 1 aliphatic rings. The van der Waals surface area contributed by atoms with Crippen LogP contribution in [0, 0.1) is 0 Å². The van der Waals surface area contributed by atoms with E-state index in [-0.39, 0.29) is 24.7 Å². The molecule has 31 heavy (non-hydrogen) atoms. The van der Waals surface area contributed by atoms with E-state index in [0.29, 0.717) is 16.8 Å². The summed E-state index contributed by atoms with van der Waals surface area (Å²) in [5.41, 5.74) is 8.88. The molecule has 3 aromatic rings. The lowest BCUT2D eigenvalue weighted by atomic mass is 9.85. The van der Waals surface area contributed by atoms with Gasteiger partial charge in [-0.3, -0.25) is 4.40 Å². The quantitative estimate of drug-likeness (QED) is 0.493. The number of carbonyl (C=O) groups excluding carboxylic acids is 1. The molecule has 0 radical (unpaired) electrons. The highest BCUT2D eigenvalue weighted by molar-refractivity contribution is 9.10. The third-order valence-corrected chi connectivity index (χ3v) is 6.22. The molecule has 8 heteroatoms. The lowest BCUT2D eigenvalue weighted by molar-refractivity contribution is 0.132. The molecule has 0 saturated heterocycles. The summed E-state index contributed by atoms with van der Waals surface area (Å²) in [6.07, 6.45) is 7.62. The predicted octanol–water partition coefficient (Wildman–Crippen LogP) is 4.76. The maximum absolute atomic E-state index is 12.3. The zero-order chi connectivity index (χ0) is 21.8. The Hall–Kier alpha value is -2.87. The largest absolute Gasteiger partial charge is 0.445 e. The number of imidazole rings is 1. The molecule has 0 bridgehead atoms. The number of benzene rings is 1. The van der Waals surface area contributed by atoms with Crippen LogP contribution in [0.3, 0.4) is 0 Å². The average Bonchev–Trinajstić information content (AvgIpc) is 3.14. The minimum atomic E-state index is -0.385. The second-order valence-electron chi connectivity index (χ2n) is 7.84. The van der Waals surface area contributed by atoms with Gasteiger partial charge in [0, 0.05) is 30.3 Å². The van der Waals surface area contributed by atoms with E-state index in [2.05, 4.69) is 37.2 Å². The van der Waals surface area contributed by atoms with Crippen LogP contribution in [0.15, 0.2) is 53.8 Å². The molecule has 0 aliphatic heterocycles. The first-order valence-electron chi connectivity index (χ1n) is 10.5. The number of hydrogen-bond acceptors (Lipinski definition) is 5. The SMILES string of the molecule is C=CCc1cnc(N)c2c(Br)nc([C@@H]3CCC[C@@H](NC(=O)OCc4ccccc4)C3)n12. The number of nitrogens with one attached hydrogen (secondary N) is 1. The van der Waals surface area contributed by atoms with Gasteiger partial charge >= 0.3 is 6.09 Å². The Morgan fingerprint density at radius 1 is 1.35 bits per heavy atom. The van der Waals surface area contributed by atoms with Crippen LogP contribution in [0.5, 0.6) is 0 Å². The van der Waals surface area contributed by atoms with Crippen molar-refractivity contribution in [1.29, 1.82) is 0 Å². The minimum Gasteiger partial charge on any atom is -0.445 e. The summed E-state index contributed by atoms with van der Waals surface area (Å²) in [4.78, 5) is 21.4. The van der Waals surface area contributed by atoms with Gasteiger partial charge in [0.2, 0.25) is 0 Å². The number of hydrogen-bond donors (Lipinski definition) is 2. The number of rotatable bonds is 6. The number of aromatic nitrogens is 3. The van der Waals surface area contributed by atoms with E-state index in [1.54, 1.807) is 6.20 Å². The summed E-state index contributed by atoms with van der Waals surface area (Å²) in [6, 6.07) is 9.71. The van der Waals surface area contributed by atoms with E-state index < -0.39 is 0 Å².